The number of aliphatic hydroxyl groups excluding tert-OH is 1. The zero-order valence-electron chi connectivity index (χ0n) is 5.50. The topological polar surface area (TPSA) is 110 Å². The van der Waals surface area contributed by atoms with E-state index in [4.69, 9.17) is 5.11 Å². The van der Waals surface area contributed by atoms with Crippen molar-refractivity contribution in [2.24, 2.45) is 0 Å². The SMILES string of the molecule is O=C[C@H](O)COP(=O)([O-])[O-].[Ca+2]. The summed E-state index contributed by atoms with van der Waals surface area (Å²) in [5.74, 6) is 0. The third-order valence-corrected chi connectivity index (χ3v) is 1.03. The van der Waals surface area contributed by atoms with Gasteiger partial charge in [0.1, 0.15) is 6.10 Å². The summed E-state index contributed by atoms with van der Waals surface area (Å²) in [6.07, 6.45) is -1.49. The number of phosphoric acid groups is 1. The van der Waals surface area contributed by atoms with E-state index < -0.39 is 20.5 Å². The fraction of sp³-hybridized carbons (Fsp3) is 0.667. The second-order valence-corrected chi connectivity index (χ2v) is 2.60. The van der Waals surface area contributed by atoms with Gasteiger partial charge in [-0.1, -0.05) is 0 Å². The minimum atomic E-state index is -5.05. The van der Waals surface area contributed by atoms with Crippen LogP contribution in [0.4, 0.5) is 0 Å². The van der Waals surface area contributed by atoms with Gasteiger partial charge in [0.2, 0.25) is 0 Å². The van der Waals surface area contributed by atoms with E-state index in [-0.39, 0.29) is 44.0 Å². The summed E-state index contributed by atoms with van der Waals surface area (Å²) in [7, 11) is -5.05. The average Bonchev–Trinajstić information content (AvgIpc) is 1.81. The van der Waals surface area contributed by atoms with E-state index in [0.29, 0.717) is 0 Å². The van der Waals surface area contributed by atoms with Gasteiger partial charge in [0.15, 0.2) is 6.29 Å². The number of rotatable bonds is 4. The molecule has 0 saturated heterocycles. The molecular formula is C3H5CaO6P. The van der Waals surface area contributed by atoms with E-state index in [1.165, 1.54) is 0 Å². The Morgan fingerprint density at radius 2 is 2.09 bits per heavy atom. The maximum atomic E-state index is 9.67. The molecule has 1 atom stereocenters. The minimum absolute atomic E-state index is 0. The maximum absolute atomic E-state index is 9.67. The molecule has 0 aliphatic carbocycles. The van der Waals surface area contributed by atoms with Crippen LogP contribution in [0.15, 0.2) is 0 Å². The predicted molar refractivity (Wildman–Crippen MR) is 31.4 cm³/mol. The molecular weight excluding hydrogens is 203 g/mol. The van der Waals surface area contributed by atoms with E-state index in [2.05, 4.69) is 4.52 Å². The Balaban J connectivity index is 0. The first-order valence-electron chi connectivity index (χ1n) is 2.25. The molecule has 0 fully saturated rings. The van der Waals surface area contributed by atoms with E-state index in [1.807, 2.05) is 0 Å². The molecule has 0 radical (unpaired) electrons. The number of aliphatic hydroxyl groups is 1. The molecule has 11 heavy (non-hydrogen) atoms. The number of hydrogen-bond donors (Lipinski definition) is 1. The van der Waals surface area contributed by atoms with Gasteiger partial charge in [-0.3, -0.25) is 0 Å². The third-order valence-electron chi connectivity index (χ3n) is 0.560. The molecule has 0 heterocycles. The summed E-state index contributed by atoms with van der Waals surface area (Å²) in [6.45, 7) is -0.812. The van der Waals surface area contributed by atoms with Gasteiger partial charge in [-0.2, -0.15) is 0 Å². The van der Waals surface area contributed by atoms with Gasteiger partial charge in [-0.15, -0.1) is 0 Å². The number of aldehydes is 1. The molecule has 6 nitrogen and oxygen atoms in total. The Hall–Kier alpha value is 1.000. The van der Waals surface area contributed by atoms with Crippen molar-refractivity contribution >= 4 is 51.8 Å². The van der Waals surface area contributed by atoms with Gasteiger partial charge in [0.05, 0.1) is 14.4 Å². The number of phosphoric ester groups is 1. The summed E-state index contributed by atoms with van der Waals surface area (Å²) in [6, 6.07) is 0. The van der Waals surface area contributed by atoms with Crippen LogP contribution in [0.5, 0.6) is 0 Å². The molecule has 0 aromatic heterocycles. The van der Waals surface area contributed by atoms with Crippen molar-refractivity contribution in [3.63, 3.8) is 0 Å². The molecule has 0 aliphatic rings. The first kappa shape index (κ1) is 14.5. The Morgan fingerprint density at radius 3 is 2.36 bits per heavy atom. The van der Waals surface area contributed by atoms with Crippen molar-refractivity contribution in [1.82, 2.24) is 0 Å². The second kappa shape index (κ2) is 6.51. The monoisotopic (exact) mass is 208 g/mol. The summed E-state index contributed by atoms with van der Waals surface area (Å²) in [4.78, 5) is 28.9. The molecule has 0 spiro atoms. The number of hydrogen-bond acceptors (Lipinski definition) is 6. The quantitative estimate of drug-likeness (QED) is 0.299. The van der Waals surface area contributed by atoms with Gasteiger partial charge < -0.3 is 28.8 Å². The van der Waals surface area contributed by atoms with Gasteiger partial charge in [-0.05, 0) is 0 Å². The van der Waals surface area contributed by atoms with Crippen LogP contribution in [-0.4, -0.2) is 61.8 Å². The van der Waals surface area contributed by atoms with Crippen LogP contribution in [0, 0.1) is 0 Å². The molecule has 60 valence electrons. The maximum Gasteiger partial charge on any atom is 2.00 e. The molecule has 8 heteroatoms. The zero-order valence-corrected chi connectivity index (χ0v) is 8.61. The van der Waals surface area contributed by atoms with Crippen molar-refractivity contribution in [2.45, 2.75) is 6.10 Å². The van der Waals surface area contributed by atoms with Crippen molar-refractivity contribution in [3.8, 4) is 0 Å². The molecule has 1 N–H and O–H groups in total. The molecule has 0 amide bonds. The van der Waals surface area contributed by atoms with Gasteiger partial charge in [0.25, 0.3) is 0 Å². The van der Waals surface area contributed by atoms with Crippen LogP contribution in [0.2, 0.25) is 0 Å². The molecule has 0 unspecified atom stereocenters. The van der Waals surface area contributed by atoms with E-state index in [9.17, 15) is 19.1 Å². The van der Waals surface area contributed by atoms with Gasteiger partial charge in [0, 0.05) is 0 Å². The fourth-order valence-corrected chi connectivity index (χ4v) is 0.542. The first-order chi connectivity index (χ1) is 4.45. The van der Waals surface area contributed by atoms with Crippen molar-refractivity contribution in [1.29, 1.82) is 0 Å². The van der Waals surface area contributed by atoms with Crippen LogP contribution >= 0.6 is 7.82 Å². The molecule has 0 aliphatic heterocycles. The Morgan fingerprint density at radius 1 is 1.64 bits per heavy atom. The standard InChI is InChI=1S/C3H7O6P.Ca/c4-1-3(5)2-9-10(6,7)8;/h1,3,5H,2H2,(H2,6,7,8);/q;+2/p-2/t3-;/m0./s1. The van der Waals surface area contributed by atoms with E-state index in [0.717, 1.165) is 0 Å². The number of carbonyl (C=O) groups is 1. The normalized spacial score (nSPS) is 13.4. The van der Waals surface area contributed by atoms with Crippen molar-refractivity contribution in [2.75, 3.05) is 6.61 Å². The first-order valence-corrected chi connectivity index (χ1v) is 3.72. The summed E-state index contributed by atoms with van der Waals surface area (Å²) in [5.41, 5.74) is 0. The largest absolute Gasteiger partial charge is 2.00 e. The molecule has 0 saturated carbocycles. The van der Waals surface area contributed by atoms with Crippen LogP contribution < -0.4 is 9.79 Å². The molecule has 0 bridgehead atoms. The van der Waals surface area contributed by atoms with Gasteiger partial charge in [-0.25, -0.2) is 0 Å². The molecule has 0 rings (SSSR count). The summed E-state index contributed by atoms with van der Waals surface area (Å²) < 4.78 is 13.2. The third kappa shape index (κ3) is 11.0. The van der Waals surface area contributed by atoms with Crippen LogP contribution in [-0.2, 0) is 13.9 Å². The second-order valence-electron chi connectivity index (χ2n) is 1.45. The molecule has 0 aromatic rings. The van der Waals surface area contributed by atoms with Crippen LogP contribution in [0.25, 0.3) is 0 Å². The van der Waals surface area contributed by atoms with E-state index >= 15 is 0 Å². The molecule has 0 aromatic carbocycles. The van der Waals surface area contributed by atoms with Gasteiger partial charge >= 0.3 is 37.7 Å². The predicted octanol–water partition coefficient (Wildman–Crippen LogP) is -2.99. The summed E-state index contributed by atoms with van der Waals surface area (Å²) in [5, 5.41) is 8.33. The average molecular weight is 208 g/mol. The summed E-state index contributed by atoms with van der Waals surface area (Å²) >= 11 is 0. The Bertz CT molecular complexity index is 154. The minimum Gasteiger partial charge on any atom is -0.790 e. The van der Waals surface area contributed by atoms with Crippen molar-refractivity contribution in [3.05, 3.63) is 0 Å². The Kier molecular flexibility index (Phi) is 8.59. The fourth-order valence-electron chi connectivity index (χ4n) is 0.207. The smallest absolute Gasteiger partial charge is 0.790 e. The van der Waals surface area contributed by atoms with Crippen LogP contribution in [0.1, 0.15) is 0 Å². The van der Waals surface area contributed by atoms with Crippen LogP contribution in [0.3, 0.4) is 0 Å². The Labute approximate surface area is 92.8 Å². The van der Waals surface area contributed by atoms with Crippen molar-refractivity contribution < 1.29 is 28.8 Å². The number of carbonyl (C=O) groups excluding carboxylic acids is 1. The zero-order chi connectivity index (χ0) is 8.20. The van der Waals surface area contributed by atoms with E-state index in [1.54, 1.807) is 0 Å².